The Hall–Kier alpha value is -1.79. The van der Waals surface area contributed by atoms with Gasteiger partial charge in [0.25, 0.3) is 0 Å². The van der Waals surface area contributed by atoms with Gasteiger partial charge in [-0.2, -0.15) is 0 Å². The molecule has 98 valence electrons. The fourth-order valence-corrected chi connectivity index (χ4v) is 1.40. The van der Waals surface area contributed by atoms with E-state index in [1.54, 1.807) is 18.2 Å². The molecule has 0 aromatic heterocycles. The van der Waals surface area contributed by atoms with Crippen LogP contribution in [-0.2, 0) is 11.4 Å². The lowest BCUT2D eigenvalue weighted by atomic mass is 10.2. The summed E-state index contributed by atoms with van der Waals surface area (Å²) in [5.41, 5.74) is 1.20. The van der Waals surface area contributed by atoms with E-state index in [2.05, 4.69) is 16.0 Å². The van der Waals surface area contributed by atoms with Crippen LogP contribution in [0.2, 0.25) is 5.02 Å². The van der Waals surface area contributed by atoms with E-state index in [9.17, 15) is 9.59 Å². The smallest absolute Gasteiger partial charge is 0.321 e. The highest BCUT2D eigenvalue weighted by Gasteiger charge is 2.07. The maximum Gasteiger partial charge on any atom is 0.321 e. The summed E-state index contributed by atoms with van der Waals surface area (Å²) in [6, 6.07) is 4.36. The molecule has 1 aromatic rings. The number of anilines is 1. The van der Waals surface area contributed by atoms with Gasteiger partial charge in [0, 0.05) is 7.05 Å². The van der Waals surface area contributed by atoms with Crippen LogP contribution in [0.25, 0.3) is 0 Å². The van der Waals surface area contributed by atoms with Crippen molar-refractivity contribution in [3.63, 3.8) is 0 Å². The number of carbonyl (C=O) groups is 2. The zero-order valence-corrected chi connectivity index (χ0v) is 10.5. The lowest BCUT2D eigenvalue weighted by Gasteiger charge is -2.09. The molecule has 0 saturated carbocycles. The van der Waals surface area contributed by atoms with Gasteiger partial charge in [0.15, 0.2) is 0 Å². The van der Waals surface area contributed by atoms with Crippen LogP contribution in [0.5, 0.6) is 0 Å². The molecule has 0 bridgehead atoms. The average Bonchev–Trinajstić information content (AvgIpc) is 2.37. The number of urea groups is 1. The first-order valence-corrected chi connectivity index (χ1v) is 5.59. The minimum atomic E-state index is -0.572. The van der Waals surface area contributed by atoms with Crippen molar-refractivity contribution in [3.8, 4) is 0 Å². The van der Waals surface area contributed by atoms with Crippen molar-refractivity contribution >= 4 is 29.2 Å². The van der Waals surface area contributed by atoms with E-state index in [1.807, 2.05) is 0 Å². The van der Waals surface area contributed by atoms with Crippen LogP contribution < -0.4 is 16.0 Å². The Morgan fingerprint density at radius 2 is 2.11 bits per heavy atom. The SMILES string of the molecule is CNC(=O)NC(=O)CNc1cc(CO)ccc1Cl. The quantitative estimate of drug-likeness (QED) is 0.649. The molecule has 0 fully saturated rings. The predicted octanol–water partition coefficient (Wildman–Crippen LogP) is 0.700. The Morgan fingerprint density at radius 1 is 1.39 bits per heavy atom. The minimum absolute atomic E-state index is 0.0952. The first-order chi connectivity index (χ1) is 8.56. The number of amides is 3. The number of halogens is 1. The standard InChI is InChI=1S/C11H14ClN3O3/c1-13-11(18)15-10(17)5-14-9-4-7(6-16)2-3-8(9)12/h2-4,14,16H,5-6H2,1H3,(H2,13,15,17,18). The van der Waals surface area contributed by atoms with Gasteiger partial charge in [0.2, 0.25) is 5.91 Å². The Kier molecular flexibility index (Phi) is 5.41. The molecule has 18 heavy (non-hydrogen) atoms. The summed E-state index contributed by atoms with van der Waals surface area (Å²) in [5.74, 6) is -0.486. The topological polar surface area (TPSA) is 90.5 Å². The van der Waals surface area contributed by atoms with E-state index in [-0.39, 0.29) is 13.2 Å². The van der Waals surface area contributed by atoms with E-state index in [4.69, 9.17) is 16.7 Å². The number of hydrogen-bond acceptors (Lipinski definition) is 4. The fraction of sp³-hybridized carbons (Fsp3) is 0.273. The first kappa shape index (κ1) is 14.3. The number of carbonyl (C=O) groups excluding carboxylic acids is 2. The van der Waals surface area contributed by atoms with Crippen LogP contribution in [0.3, 0.4) is 0 Å². The largest absolute Gasteiger partial charge is 0.392 e. The van der Waals surface area contributed by atoms with Gasteiger partial charge in [-0.05, 0) is 17.7 Å². The van der Waals surface area contributed by atoms with Crippen LogP contribution >= 0.6 is 11.6 Å². The Morgan fingerprint density at radius 3 is 2.72 bits per heavy atom. The number of aliphatic hydroxyl groups is 1. The summed E-state index contributed by atoms with van der Waals surface area (Å²) in [6.07, 6.45) is 0. The van der Waals surface area contributed by atoms with Crippen LogP contribution in [0, 0.1) is 0 Å². The van der Waals surface area contributed by atoms with Gasteiger partial charge in [-0.1, -0.05) is 17.7 Å². The highest BCUT2D eigenvalue weighted by atomic mass is 35.5. The van der Waals surface area contributed by atoms with Crippen LogP contribution in [0.4, 0.5) is 10.5 Å². The molecule has 0 radical (unpaired) electrons. The van der Waals surface area contributed by atoms with Crippen molar-refractivity contribution in [2.24, 2.45) is 0 Å². The van der Waals surface area contributed by atoms with Crippen molar-refractivity contribution in [2.75, 3.05) is 18.9 Å². The minimum Gasteiger partial charge on any atom is -0.392 e. The highest BCUT2D eigenvalue weighted by molar-refractivity contribution is 6.33. The lowest BCUT2D eigenvalue weighted by molar-refractivity contribution is -0.118. The second-order valence-electron chi connectivity index (χ2n) is 3.45. The average molecular weight is 272 g/mol. The van der Waals surface area contributed by atoms with E-state index in [0.717, 1.165) is 0 Å². The molecule has 0 saturated heterocycles. The maximum absolute atomic E-state index is 11.3. The summed E-state index contributed by atoms with van der Waals surface area (Å²) in [6.45, 7) is -0.210. The zero-order valence-electron chi connectivity index (χ0n) is 9.79. The molecule has 1 aromatic carbocycles. The molecule has 0 atom stereocenters. The molecule has 0 heterocycles. The Labute approximate surface area is 109 Å². The second-order valence-corrected chi connectivity index (χ2v) is 3.86. The van der Waals surface area contributed by atoms with Gasteiger partial charge in [-0.25, -0.2) is 4.79 Å². The third-order valence-corrected chi connectivity index (χ3v) is 2.46. The highest BCUT2D eigenvalue weighted by Crippen LogP contribution is 2.22. The normalized spacial score (nSPS) is 9.72. The van der Waals surface area contributed by atoms with E-state index < -0.39 is 11.9 Å². The summed E-state index contributed by atoms with van der Waals surface area (Å²) in [5, 5.41) is 16.6. The van der Waals surface area contributed by atoms with Crippen molar-refractivity contribution in [1.82, 2.24) is 10.6 Å². The number of imide groups is 1. The summed E-state index contributed by atoms with van der Waals surface area (Å²) >= 11 is 5.91. The van der Waals surface area contributed by atoms with Gasteiger partial charge in [0.1, 0.15) is 0 Å². The third-order valence-electron chi connectivity index (χ3n) is 2.13. The molecule has 0 spiro atoms. The molecular weight excluding hydrogens is 258 g/mol. The van der Waals surface area contributed by atoms with E-state index in [1.165, 1.54) is 7.05 Å². The van der Waals surface area contributed by atoms with Crippen molar-refractivity contribution < 1.29 is 14.7 Å². The summed E-state index contributed by atoms with van der Waals surface area (Å²) in [4.78, 5) is 22.2. The van der Waals surface area contributed by atoms with Crippen LogP contribution in [-0.4, -0.2) is 30.6 Å². The van der Waals surface area contributed by atoms with Crippen molar-refractivity contribution in [3.05, 3.63) is 28.8 Å². The van der Waals surface area contributed by atoms with Crippen LogP contribution in [0.15, 0.2) is 18.2 Å². The molecule has 1 rings (SSSR count). The van der Waals surface area contributed by atoms with E-state index in [0.29, 0.717) is 16.3 Å². The van der Waals surface area contributed by atoms with Gasteiger partial charge < -0.3 is 15.7 Å². The van der Waals surface area contributed by atoms with Crippen molar-refractivity contribution in [1.29, 1.82) is 0 Å². The van der Waals surface area contributed by atoms with Gasteiger partial charge in [-0.3, -0.25) is 10.1 Å². The molecule has 7 heteroatoms. The molecular formula is C11H14ClN3O3. The summed E-state index contributed by atoms with van der Waals surface area (Å²) in [7, 11) is 1.41. The number of hydrogen-bond donors (Lipinski definition) is 4. The molecule has 0 unspecified atom stereocenters. The lowest BCUT2D eigenvalue weighted by Crippen LogP contribution is -2.40. The molecule has 6 nitrogen and oxygen atoms in total. The maximum atomic E-state index is 11.3. The Balaban J connectivity index is 2.57. The number of rotatable bonds is 4. The monoisotopic (exact) mass is 271 g/mol. The predicted molar refractivity (Wildman–Crippen MR) is 68.5 cm³/mol. The number of nitrogens with one attached hydrogen (secondary N) is 3. The van der Waals surface area contributed by atoms with Crippen LogP contribution in [0.1, 0.15) is 5.56 Å². The van der Waals surface area contributed by atoms with E-state index >= 15 is 0 Å². The molecule has 4 N–H and O–H groups in total. The summed E-state index contributed by atoms with van der Waals surface area (Å²) < 4.78 is 0. The Bertz CT molecular complexity index is 451. The molecule has 0 aliphatic carbocycles. The van der Waals surface area contributed by atoms with Gasteiger partial charge in [0.05, 0.1) is 23.9 Å². The van der Waals surface area contributed by atoms with Crippen molar-refractivity contribution in [2.45, 2.75) is 6.61 Å². The second kappa shape index (κ2) is 6.83. The number of benzene rings is 1. The number of aliphatic hydroxyl groups excluding tert-OH is 1. The third kappa shape index (κ3) is 4.23. The van der Waals surface area contributed by atoms with Gasteiger partial charge >= 0.3 is 6.03 Å². The molecule has 0 aliphatic rings. The zero-order chi connectivity index (χ0) is 13.5. The fourth-order valence-electron chi connectivity index (χ4n) is 1.22. The van der Waals surface area contributed by atoms with Gasteiger partial charge in [-0.15, -0.1) is 0 Å². The first-order valence-electron chi connectivity index (χ1n) is 5.21. The molecule has 3 amide bonds. The molecule has 0 aliphatic heterocycles.